The highest BCUT2D eigenvalue weighted by Crippen LogP contribution is 2.41. The number of ether oxygens (including phenoxy) is 1. The summed E-state index contributed by atoms with van der Waals surface area (Å²) in [6, 6.07) is 5.13. The van der Waals surface area contributed by atoms with E-state index in [1.807, 2.05) is 0 Å². The standard InChI is InChI=1S/C6H4O2.C3H8/c7-5-2-1-4-3-6(5)8-4;1-3-2/h1-3,7H;3H2,1-2H3. The molecule has 0 fully saturated rings. The lowest BCUT2D eigenvalue weighted by atomic mass is 10.2. The largest absolute Gasteiger partial charge is 0.504 e. The van der Waals surface area contributed by atoms with Gasteiger partial charge in [-0.1, -0.05) is 20.3 Å². The molecule has 3 rings (SSSR count). The van der Waals surface area contributed by atoms with Crippen molar-refractivity contribution in [1.29, 1.82) is 0 Å². The molecule has 2 aliphatic heterocycles. The van der Waals surface area contributed by atoms with E-state index in [0.717, 1.165) is 5.75 Å². The number of aromatic hydroxyl groups is 1. The Morgan fingerprint density at radius 2 is 1.91 bits per heavy atom. The Bertz CT molecular complexity index is 234. The second kappa shape index (κ2) is 3.28. The lowest BCUT2D eigenvalue weighted by molar-refractivity contribution is 0.380. The van der Waals surface area contributed by atoms with Gasteiger partial charge in [0.25, 0.3) is 0 Å². The van der Waals surface area contributed by atoms with Gasteiger partial charge in [0.15, 0.2) is 11.5 Å². The first-order valence-corrected chi connectivity index (χ1v) is 3.78. The fourth-order valence-electron chi connectivity index (χ4n) is 0.709. The van der Waals surface area contributed by atoms with Crippen LogP contribution >= 0.6 is 0 Å². The summed E-state index contributed by atoms with van der Waals surface area (Å²) in [4.78, 5) is 0. The van der Waals surface area contributed by atoms with Crippen molar-refractivity contribution in [1.82, 2.24) is 0 Å². The fraction of sp³-hybridized carbons (Fsp3) is 0.333. The Kier molecular flexibility index (Phi) is 2.36. The molecule has 1 aromatic rings. The van der Waals surface area contributed by atoms with Crippen molar-refractivity contribution in [3.8, 4) is 17.2 Å². The molecule has 1 N–H and O–H groups in total. The van der Waals surface area contributed by atoms with Crippen LogP contribution < -0.4 is 4.74 Å². The Hall–Kier alpha value is -1.18. The summed E-state index contributed by atoms with van der Waals surface area (Å²) in [5.41, 5.74) is 0. The number of hydrogen-bond donors (Lipinski definition) is 1. The van der Waals surface area contributed by atoms with Gasteiger partial charge in [0.1, 0.15) is 5.75 Å². The highest BCUT2D eigenvalue weighted by atomic mass is 16.5. The highest BCUT2D eigenvalue weighted by Gasteiger charge is 2.13. The molecule has 1 aromatic carbocycles. The van der Waals surface area contributed by atoms with Gasteiger partial charge < -0.3 is 9.84 Å². The van der Waals surface area contributed by atoms with Crippen LogP contribution in [-0.2, 0) is 0 Å². The normalized spacial score (nSPS) is 10.4. The van der Waals surface area contributed by atoms with Crippen LogP contribution in [0.5, 0.6) is 17.2 Å². The van der Waals surface area contributed by atoms with Crippen LogP contribution in [0.25, 0.3) is 0 Å². The van der Waals surface area contributed by atoms with Gasteiger partial charge in [-0.15, -0.1) is 0 Å². The van der Waals surface area contributed by atoms with E-state index >= 15 is 0 Å². The van der Waals surface area contributed by atoms with Gasteiger partial charge in [0, 0.05) is 6.07 Å². The minimum atomic E-state index is 0.222. The number of benzene rings is 1. The summed E-state index contributed by atoms with van der Waals surface area (Å²) in [6.45, 7) is 4.25. The van der Waals surface area contributed by atoms with Crippen molar-refractivity contribution < 1.29 is 9.84 Å². The average Bonchev–Trinajstić information content (AvgIpc) is 1.86. The van der Waals surface area contributed by atoms with Crippen molar-refractivity contribution in [3.05, 3.63) is 18.2 Å². The molecule has 2 heteroatoms. The van der Waals surface area contributed by atoms with Gasteiger partial charge >= 0.3 is 0 Å². The van der Waals surface area contributed by atoms with Crippen molar-refractivity contribution in [2.24, 2.45) is 0 Å². The van der Waals surface area contributed by atoms with Crippen molar-refractivity contribution in [2.75, 3.05) is 0 Å². The molecular weight excluding hydrogens is 140 g/mol. The van der Waals surface area contributed by atoms with E-state index in [4.69, 9.17) is 9.84 Å². The van der Waals surface area contributed by atoms with Crippen molar-refractivity contribution in [3.63, 3.8) is 0 Å². The molecule has 0 aromatic heterocycles. The molecule has 2 nitrogen and oxygen atoms in total. The van der Waals surface area contributed by atoms with Crippen LogP contribution in [-0.4, -0.2) is 5.11 Å². The van der Waals surface area contributed by atoms with E-state index in [9.17, 15) is 0 Å². The van der Waals surface area contributed by atoms with Crippen LogP contribution in [0.3, 0.4) is 0 Å². The zero-order valence-electron chi connectivity index (χ0n) is 6.79. The van der Waals surface area contributed by atoms with Crippen molar-refractivity contribution in [2.45, 2.75) is 20.3 Å². The Morgan fingerprint density at radius 1 is 1.36 bits per heavy atom. The van der Waals surface area contributed by atoms with E-state index in [1.54, 1.807) is 18.2 Å². The maximum atomic E-state index is 8.84. The molecular formula is C9H12O2. The zero-order chi connectivity index (χ0) is 8.27. The monoisotopic (exact) mass is 152 g/mol. The first-order valence-electron chi connectivity index (χ1n) is 3.78. The Balaban J connectivity index is 0.000000179. The first kappa shape index (κ1) is 7.92. The van der Waals surface area contributed by atoms with Crippen LogP contribution in [0.4, 0.5) is 0 Å². The number of hydrogen-bond acceptors (Lipinski definition) is 2. The van der Waals surface area contributed by atoms with Gasteiger partial charge in [0.2, 0.25) is 0 Å². The van der Waals surface area contributed by atoms with E-state index in [2.05, 4.69) is 13.8 Å². The van der Waals surface area contributed by atoms with E-state index in [0.29, 0.717) is 5.75 Å². The number of phenolic OH excluding ortho intramolecular Hbond substituents is 1. The molecule has 0 saturated carbocycles. The van der Waals surface area contributed by atoms with E-state index < -0.39 is 0 Å². The topological polar surface area (TPSA) is 29.5 Å². The molecule has 0 amide bonds. The van der Waals surface area contributed by atoms with Crippen LogP contribution in [0.1, 0.15) is 20.3 Å². The van der Waals surface area contributed by atoms with Gasteiger partial charge in [-0.3, -0.25) is 0 Å². The second-order valence-electron chi connectivity index (χ2n) is 2.44. The average molecular weight is 152 g/mol. The predicted octanol–water partition coefficient (Wildman–Crippen LogP) is 2.91. The molecule has 2 heterocycles. The quantitative estimate of drug-likeness (QED) is 0.629. The van der Waals surface area contributed by atoms with Gasteiger partial charge in [-0.05, 0) is 12.1 Å². The smallest absolute Gasteiger partial charge is 0.172 e. The minimum Gasteiger partial charge on any atom is -0.504 e. The lowest BCUT2D eigenvalue weighted by Gasteiger charge is -2.15. The summed E-state index contributed by atoms with van der Waals surface area (Å²) < 4.78 is 4.89. The fourth-order valence-corrected chi connectivity index (χ4v) is 0.709. The molecule has 0 aliphatic carbocycles. The number of fused-ring (bicyclic) bond motifs is 2. The van der Waals surface area contributed by atoms with Gasteiger partial charge in [0.05, 0.1) is 0 Å². The Labute approximate surface area is 66.4 Å². The lowest BCUT2D eigenvalue weighted by Crippen LogP contribution is -1.93. The summed E-state index contributed by atoms with van der Waals surface area (Å²) in [6.07, 6.45) is 1.25. The summed E-state index contributed by atoms with van der Waals surface area (Å²) >= 11 is 0. The van der Waals surface area contributed by atoms with E-state index in [1.165, 1.54) is 6.42 Å². The number of phenols is 1. The second-order valence-corrected chi connectivity index (χ2v) is 2.44. The summed E-state index contributed by atoms with van der Waals surface area (Å²) in [7, 11) is 0. The third-order valence-corrected chi connectivity index (χ3v) is 1.16. The van der Waals surface area contributed by atoms with Crippen LogP contribution in [0.15, 0.2) is 18.2 Å². The van der Waals surface area contributed by atoms with Crippen LogP contribution in [0, 0.1) is 0 Å². The third kappa shape index (κ3) is 1.64. The molecule has 60 valence electrons. The van der Waals surface area contributed by atoms with Gasteiger partial charge in [-0.2, -0.15) is 0 Å². The first-order chi connectivity index (χ1) is 5.27. The van der Waals surface area contributed by atoms with Crippen LogP contribution in [0.2, 0.25) is 0 Å². The molecule has 0 saturated heterocycles. The third-order valence-electron chi connectivity index (χ3n) is 1.16. The van der Waals surface area contributed by atoms with Gasteiger partial charge in [-0.25, -0.2) is 0 Å². The number of rotatable bonds is 0. The predicted molar refractivity (Wildman–Crippen MR) is 44.1 cm³/mol. The molecule has 2 bridgehead atoms. The minimum absolute atomic E-state index is 0.222. The van der Waals surface area contributed by atoms with Crippen molar-refractivity contribution >= 4 is 0 Å². The molecule has 2 aliphatic rings. The maximum absolute atomic E-state index is 8.84. The highest BCUT2D eigenvalue weighted by molar-refractivity contribution is 5.53. The van der Waals surface area contributed by atoms with E-state index in [-0.39, 0.29) is 5.75 Å². The molecule has 0 atom stereocenters. The zero-order valence-corrected chi connectivity index (χ0v) is 6.79. The molecule has 0 unspecified atom stereocenters. The molecule has 0 radical (unpaired) electrons. The maximum Gasteiger partial charge on any atom is 0.172 e. The molecule has 11 heavy (non-hydrogen) atoms. The SMILES string of the molecule is CCC.Oc1ccc2cc1O2. The summed E-state index contributed by atoms with van der Waals surface area (Å²) in [5.74, 6) is 1.64. The Morgan fingerprint density at radius 3 is 2.09 bits per heavy atom. The molecule has 0 spiro atoms. The summed E-state index contributed by atoms with van der Waals surface area (Å²) in [5, 5.41) is 8.84.